The lowest BCUT2D eigenvalue weighted by Gasteiger charge is -1.75. The van der Waals surface area contributed by atoms with Crippen LogP contribution in [0.3, 0.4) is 0 Å². The zero-order valence-corrected chi connectivity index (χ0v) is 4.24. The van der Waals surface area contributed by atoms with Gasteiger partial charge in [-0.3, -0.25) is 0 Å². The quantitative estimate of drug-likeness (QED) is 0.559. The summed E-state index contributed by atoms with van der Waals surface area (Å²) in [5.41, 5.74) is 0. The number of furan rings is 1. The van der Waals surface area contributed by atoms with Crippen molar-refractivity contribution in [2.45, 2.75) is 0 Å². The molecule has 2 nitrogen and oxygen atoms in total. The van der Waals surface area contributed by atoms with E-state index >= 15 is 0 Å². The molecule has 1 rings (SSSR count). The standard InChI is InChI=1S/C6H6O2/c7-4-3-6-2-1-5-8-6/h1-5,7H/b4-3+. The lowest BCUT2D eigenvalue weighted by Crippen LogP contribution is -1.56. The molecule has 0 saturated heterocycles. The molecule has 1 N–H and O–H groups in total. The predicted octanol–water partition coefficient (Wildman–Crippen LogP) is 1.81. The minimum Gasteiger partial charge on any atom is -0.515 e. The van der Waals surface area contributed by atoms with E-state index in [2.05, 4.69) is 0 Å². The molecule has 0 atom stereocenters. The van der Waals surface area contributed by atoms with Crippen LogP contribution in [0.25, 0.3) is 6.08 Å². The first-order chi connectivity index (χ1) is 3.93. The summed E-state index contributed by atoms with van der Waals surface area (Å²) in [5, 5.41) is 8.20. The number of aliphatic hydroxyl groups excluding tert-OH is 1. The van der Waals surface area contributed by atoms with Gasteiger partial charge in [-0.2, -0.15) is 0 Å². The van der Waals surface area contributed by atoms with Crippen LogP contribution in [0.15, 0.2) is 29.1 Å². The number of hydrogen-bond donors (Lipinski definition) is 1. The van der Waals surface area contributed by atoms with Gasteiger partial charge in [-0.1, -0.05) is 0 Å². The molecule has 0 fully saturated rings. The maximum atomic E-state index is 8.20. The van der Waals surface area contributed by atoms with Crippen LogP contribution in [0.4, 0.5) is 0 Å². The zero-order chi connectivity index (χ0) is 5.82. The molecule has 0 amide bonds. The average molecular weight is 110 g/mol. The van der Waals surface area contributed by atoms with Gasteiger partial charge in [0.05, 0.1) is 12.5 Å². The van der Waals surface area contributed by atoms with Crippen molar-refractivity contribution in [1.29, 1.82) is 0 Å². The van der Waals surface area contributed by atoms with E-state index in [9.17, 15) is 0 Å². The van der Waals surface area contributed by atoms with Gasteiger partial charge in [0, 0.05) is 6.08 Å². The van der Waals surface area contributed by atoms with Crippen molar-refractivity contribution in [1.82, 2.24) is 0 Å². The summed E-state index contributed by atoms with van der Waals surface area (Å²) in [6, 6.07) is 3.52. The molecule has 2 heteroatoms. The van der Waals surface area contributed by atoms with Crippen molar-refractivity contribution in [3.05, 3.63) is 30.4 Å². The van der Waals surface area contributed by atoms with Gasteiger partial charge in [0.25, 0.3) is 0 Å². The first-order valence-corrected chi connectivity index (χ1v) is 2.28. The third-order valence-corrected chi connectivity index (χ3v) is 0.782. The van der Waals surface area contributed by atoms with E-state index in [0.29, 0.717) is 5.76 Å². The monoisotopic (exact) mass is 110 g/mol. The fourth-order valence-electron chi connectivity index (χ4n) is 0.460. The molecule has 0 aliphatic carbocycles. The van der Waals surface area contributed by atoms with Crippen molar-refractivity contribution >= 4 is 6.08 Å². The van der Waals surface area contributed by atoms with Gasteiger partial charge in [-0.25, -0.2) is 0 Å². The Balaban J connectivity index is 2.77. The number of aliphatic hydroxyl groups is 1. The van der Waals surface area contributed by atoms with Gasteiger partial charge >= 0.3 is 0 Å². The normalized spacial score (nSPS) is 10.5. The van der Waals surface area contributed by atoms with E-state index in [-0.39, 0.29) is 0 Å². The summed E-state index contributed by atoms with van der Waals surface area (Å²) in [5.74, 6) is 0.660. The Morgan fingerprint density at radius 1 is 1.62 bits per heavy atom. The minimum atomic E-state index is 0.660. The second-order valence-corrected chi connectivity index (χ2v) is 1.33. The maximum Gasteiger partial charge on any atom is 0.129 e. The summed E-state index contributed by atoms with van der Waals surface area (Å²) in [4.78, 5) is 0. The molecule has 0 spiro atoms. The summed E-state index contributed by atoms with van der Waals surface area (Å²) in [7, 11) is 0. The molecular weight excluding hydrogens is 104 g/mol. The van der Waals surface area contributed by atoms with Crippen LogP contribution in [0.5, 0.6) is 0 Å². The van der Waals surface area contributed by atoms with Crippen LogP contribution in [-0.4, -0.2) is 5.11 Å². The summed E-state index contributed by atoms with van der Waals surface area (Å²) in [6.07, 6.45) is 3.97. The highest BCUT2D eigenvalue weighted by Gasteiger charge is 1.82. The molecule has 0 radical (unpaired) electrons. The van der Waals surface area contributed by atoms with E-state index < -0.39 is 0 Å². The van der Waals surface area contributed by atoms with Crippen molar-refractivity contribution in [2.24, 2.45) is 0 Å². The Morgan fingerprint density at radius 2 is 2.50 bits per heavy atom. The predicted molar refractivity (Wildman–Crippen MR) is 30.4 cm³/mol. The molecule has 1 aromatic rings. The van der Waals surface area contributed by atoms with Crippen LogP contribution in [-0.2, 0) is 0 Å². The van der Waals surface area contributed by atoms with Gasteiger partial charge < -0.3 is 9.52 Å². The van der Waals surface area contributed by atoms with E-state index in [1.54, 1.807) is 18.4 Å². The smallest absolute Gasteiger partial charge is 0.129 e. The Bertz CT molecular complexity index is 163. The number of hydrogen-bond acceptors (Lipinski definition) is 2. The second-order valence-electron chi connectivity index (χ2n) is 1.33. The highest BCUT2D eigenvalue weighted by molar-refractivity contribution is 5.39. The lowest BCUT2D eigenvalue weighted by molar-refractivity contribution is 0.475. The van der Waals surface area contributed by atoms with Gasteiger partial charge in [-0.15, -0.1) is 0 Å². The van der Waals surface area contributed by atoms with Crippen LogP contribution in [0, 0.1) is 0 Å². The fraction of sp³-hybridized carbons (Fsp3) is 0. The SMILES string of the molecule is O/C=C/c1ccco1. The Labute approximate surface area is 47.1 Å². The molecular formula is C6H6O2. The Kier molecular flexibility index (Phi) is 1.37. The van der Waals surface area contributed by atoms with Gasteiger partial charge in [0.2, 0.25) is 0 Å². The van der Waals surface area contributed by atoms with Gasteiger partial charge in [0.1, 0.15) is 5.76 Å². The fourth-order valence-corrected chi connectivity index (χ4v) is 0.460. The van der Waals surface area contributed by atoms with Crippen molar-refractivity contribution < 1.29 is 9.52 Å². The molecule has 0 aromatic carbocycles. The Morgan fingerprint density at radius 3 is 3.00 bits per heavy atom. The van der Waals surface area contributed by atoms with E-state index in [1.165, 1.54) is 6.08 Å². The molecule has 0 aliphatic heterocycles. The summed E-state index contributed by atoms with van der Waals surface area (Å²) in [6.45, 7) is 0. The third kappa shape index (κ3) is 0.904. The van der Waals surface area contributed by atoms with E-state index in [1.807, 2.05) is 0 Å². The molecule has 42 valence electrons. The molecule has 1 aromatic heterocycles. The van der Waals surface area contributed by atoms with Gasteiger partial charge in [-0.05, 0) is 12.1 Å². The van der Waals surface area contributed by atoms with Gasteiger partial charge in [0.15, 0.2) is 0 Å². The molecule has 0 saturated carbocycles. The largest absolute Gasteiger partial charge is 0.515 e. The Hall–Kier alpha value is -1.18. The molecule has 0 aliphatic rings. The molecule has 0 unspecified atom stereocenters. The molecule has 8 heavy (non-hydrogen) atoms. The van der Waals surface area contributed by atoms with Crippen LogP contribution < -0.4 is 0 Å². The maximum absolute atomic E-state index is 8.20. The van der Waals surface area contributed by atoms with Crippen molar-refractivity contribution in [3.63, 3.8) is 0 Å². The third-order valence-electron chi connectivity index (χ3n) is 0.782. The highest BCUT2D eigenvalue weighted by atomic mass is 16.3. The topological polar surface area (TPSA) is 33.4 Å². The molecule has 1 heterocycles. The van der Waals surface area contributed by atoms with E-state index in [4.69, 9.17) is 9.52 Å². The lowest BCUT2D eigenvalue weighted by atomic mass is 10.4. The van der Waals surface area contributed by atoms with Crippen LogP contribution in [0.1, 0.15) is 5.76 Å². The van der Waals surface area contributed by atoms with Crippen molar-refractivity contribution in [3.8, 4) is 0 Å². The second kappa shape index (κ2) is 2.21. The van der Waals surface area contributed by atoms with Crippen LogP contribution in [0.2, 0.25) is 0 Å². The first kappa shape index (κ1) is 4.97. The zero-order valence-electron chi connectivity index (χ0n) is 4.24. The summed E-state index contributed by atoms with van der Waals surface area (Å²) >= 11 is 0. The molecule has 0 bridgehead atoms. The average Bonchev–Trinajstić information content (AvgIpc) is 2.19. The summed E-state index contributed by atoms with van der Waals surface area (Å²) < 4.78 is 4.83. The van der Waals surface area contributed by atoms with Crippen LogP contribution >= 0.6 is 0 Å². The van der Waals surface area contributed by atoms with Crippen molar-refractivity contribution in [2.75, 3.05) is 0 Å². The number of rotatable bonds is 1. The minimum absolute atomic E-state index is 0.660. The van der Waals surface area contributed by atoms with E-state index in [0.717, 1.165) is 6.26 Å². The highest BCUT2D eigenvalue weighted by Crippen LogP contribution is 2.00. The first-order valence-electron chi connectivity index (χ1n) is 2.28.